The first kappa shape index (κ1) is 23.7. The summed E-state index contributed by atoms with van der Waals surface area (Å²) in [5.41, 5.74) is 4.07. The molecule has 9 nitrogen and oxygen atoms in total. The molecular formula is C28H25FN8O. The van der Waals surface area contributed by atoms with Crippen LogP contribution in [0.15, 0.2) is 73.3 Å². The first-order valence-electron chi connectivity index (χ1n) is 12.4. The monoisotopic (exact) mass is 508 g/mol. The van der Waals surface area contributed by atoms with Crippen molar-refractivity contribution in [1.29, 1.82) is 0 Å². The topological polar surface area (TPSA) is 101 Å². The third-order valence-electron chi connectivity index (χ3n) is 6.55. The lowest BCUT2D eigenvalue weighted by atomic mass is 10.1. The smallest absolute Gasteiger partial charge is 0.255 e. The number of amides is 1. The van der Waals surface area contributed by atoms with Gasteiger partial charge in [0.15, 0.2) is 5.65 Å². The molecule has 1 aromatic carbocycles. The zero-order valence-corrected chi connectivity index (χ0v) is 20.8. The molecule has 0 aliphatic heterocycles. The molecule has 5 aromatic rings. The minimum Gasteiger partial charge on any atom is -0.341 e. The van der Waals surface area contributed by atoms with Gasteiger partial charge < -0.3 is 10.2 Å². The van der Waals surface area contributed by atoms with Crippen molar-refractivity contribution in [3.05, 3.63) is 96.0 Å². The van der Waals surface area contributed by atoms with Crippen LogP contribution in [0.5, 0.6) is 0 Å². The summed E-state index contributed by atoms with van der Waals surface area (Å²) in [6.07, 6.45) is 9.15. The zero-order chi connectivity index (χ0) is 26.1. The number of rotatable bonds is 8. The molecule has 0 atom stereocenters. The average Bonchev–Trinajstić information content (AvgIpc) is 3.71. The molecule has 1 N–H and O–H groups in total. The Bertz CT molecular complexity index is 1600. The molecule has 0 bridgehead atoms. The molecule has 1 aliphatic carbocycles. The number of halogens is 1. The number of fused-ring (bicyclic) bond motifs is 1. The Morgan fingerprint density at radius 2 is 1.95 bits per heavy atom. The predicted octanol–water partition coefficient (Wildman–Crippen LogP) is 4.66. The second kappa shape index (κ2) is 9.97. The third-order valence-corrected chi connectivity index (χ3v) is 6.55. The van der Waals surface area contributed by atoms with Crippen LogP contribution in [0.1, 0.15) is 40.4 Å². The van der Waals surface area contributed by atoms with Gasteiger partial charge in [-0.05, 0) is 43.0 Å². The normalized spacial score (nSPS) is 13.0. The fourth-order valence-electron chi connectivity index (χ4n) is 4.26. The number of benzene rings is 1. The maximum Gasteiger partial charge on any atom is 0.255 e. The molecule has 0 saturated heterocycles. The Morgan fingerprint density at radius 1 is 1.08 bits per heavy atom. The fourth-order valence-corrected chi connectivity index (χ4v) is 4.26. The van der Waals surface area contributed by atoms with Crippen molar-refractivity contribution in [1.82, 2.24) is 34.4 Å². The Kier molecular flexibility index (Phi) is 6.20. The van der Waals surface area contributed by atoms with Crippen LogP contribution in [0.3, 0.4) is 0 Å². The van der Waals surface area contributed by atoms with Crippen molar-refractivity contribution in [3.63, 3.8) is 0 Å². The number of likely N-dealkylation sites (N-methyl/N-ethyl adjacent to an activating group) is 1. The first-order chi connectivity index (χ1) is 18.5. The molecule has 1 amide bonds. The fraction of sp³-hybridized carbons (Fsp3) is 0.214. The molecular weight excluding hydrogens is 483 g/mol. The highest BCUT2D eigenvalue weighted by Gasteiger charge is 2.27. The number of pyridine rings is 1. The first-order valence-corrected chi connectivity index (χ1v) is 12.4. The second-order valence-electron chi connectivity index (χ2n) is 9.36. The van der Waals surface area contributed by atoms with Crippen LogP contribution >= 0.6 is 0 Å². The summed E-state index contributed by atoms with van der Waals surface area (Å²) in [5.74, 6) is 1.26. The van der Waals surface area contributed by atoms with E-state index in [1.165, 1.54) is 12.3 Å². The molecule has 6 rings (SSSR count). The Balaban J connectivity index is 1.21. The van der Waals surface area contributed by atoms with E-state index in [0.29, 0.717) is 58.7 Å². The van der Waals surface area contributed by atoms with Gasteiger partial charge in [-0.2, -0.15) is 9.61 Å². The largest absolute Gasteiger partial charge is 0.341 e. The van der Waals surface area contributed by atoms with Gasteiger partial charge in [0.25, 0.3) is 5.91 Å². The van der Waals surface area contributed by atoms with Crippen molar-refractivity contribution in [3.8, 4) is 11.4 Å². The Labute approximate surface area is 218 Å². The number of hydrogen-bond acceptors (Lipinski definition) is 7. The van der Waals surface area contributed by atoms with Crippen molar-refractivity contribution in [2.24, 2.45) is 0 Å². The predicted molar refractivity (Wildman–Crippen MR) is 141 cm³/mol. The van der Waals surface area contributed by atoms with E-state index >= 15 is 0 Å². The maximum absolute atomic E-state index is 13.9. The van der Waals surface area contributed by atoms with E-state index in [9.17, 15) is 9.18 Å². The molecule has 0 spiro atoms. The van der Waals surface area contributed by atoms with Crippen LogP contribution < -0.4 is 5.32 Å². The lowest BCUT2D eigenvalue weighted by molar-refractivity contribution is 0.0796. The quantitative estimate of drug-likeness (QED) is 0.325. The molecule has 0 radical (unpaired) electrons. The number of carbonyl (C=O) groups excluding carboxylic acids is 1. The van der Waals surface area contributed by atoms with Crippen LogP contribution in [0, 0.1) is 5.82 Å². The summed E-state index contributed by atoms with van der Waals surface area (Å²) < 4.78 is 15.7. The van der Waals surface area contributed by atoms with E-state index in [-0.39, 0.29) is 11.7 Å². The van der Waals surface area contributed by atoms with E-state index in [1.807, 2.05) is 12.1 Å². The van der Waals surface area contributed by atoms with Crippen molar-refractivity contribution >= 4 is 23.2 Å². The SMILES string of the molecule is CN(CCc1ccccc1F)C(=O)c1ccc(Nc2cc(-c3cnccn3)nc3cc(C4CC4)nn23)nc1. The summed E-state index contributed by atoms with van der Waals surface area (Å²) in [4.78, 5) is 32.2. The van der Waals surface area contributed by atoms with Crippen molar-refractivity contribution < 1.29 is 9.18 Å². The second-order valence-corrected chi connectivity index (χ2v) is 9.36. The van der Waals surface area contributed by atoms with Gasteiger partial charge in [-0.3, -0.25) is 14.8 Å². The summed E-state index contributed by atoms with van der Waals surface area (Å²) in [6, 6.07) is 13.9. The number of nitrogens with one attached hydrogen (secondary N) is 1. The van der Waals surface area contributed by atoms with Gasteiger partial charge in [-0.25, -0.2) is 14.4 Å². The highest BCUT2D eigenvalue weighted by atomic mass is 19.1. The van der Waals surface area contributed by atoms with Gasteiger partial charge in [0.2, 0.25) is 0 Å². The molecule has 1 fully saturated rings. The van der Waals surface area contributed by atoms with Gasteiger partial charge in [0.05, 0.1) is 23.1 Å². The summed E-state index contributed by atoms with van der Waals surface area (Å²) in [7, 11) is 1.70. The van der Waals surface area contributed by atoms with Crippen LogP contribution in [0.2, 0.25) is 0 Å². The van der Waals surface area contributed by atoms with Gasteiger partial charge in [0.1, 0.15) is 23.1 Å². The minimum absolute atomic E-state index is 0.183. The maximum atomic E-state index is 13.9. The zero-order valence-electron chi connectivity index (χ0n) is 20.8. The molecule has 4 aromatic heterocycles. The van der Waals surface area contributed by atoms with Crippen LogP contribution in [-0.4, -0.2) is 53.9 Å². The third kappa shape index (κ3) is 4.93. The van der Waals surface area contributed by atoms with Crippen LogP contribution in [-0.2, 0) is 6.42 Å². The average molecular weight is 509 g/mol. The molecule has 1 aliphatic rings. The lowest BCUT2D eigenvalue weighted by Gasteiger charge is -2.17. The van der Waals surface area contributed by atoms with Crippen molar-refractivity contribution in [2.75, 3.05) is 18.9 Å². The van der Waals surface area contributed by atoms with Crippen molar-refractivity contribution in [2.45, 2.75) is 25.2 Å². The van der Waals surface area contributed by atoms with Crippen LogP contribution in [0.4, 0.5) is 16.0 Å². The molecule has 38 heavy (non-hydrogen) atoms. The standard InChI is InChI=1S/C28H25FN8O/c1-36(13-10-18-4-2-3-5-21(18)29)28(38)20-8-9-25(32-16-20)34-27-15-23(24-17-30-11-12-31-24)33-26-14-22(19-6-7-19)35-37(26)27/h2-5,8-9,11-12,14-17,19H,6-7,10,13H2,1H3,(H,32,34). The lowest BCUT2D eigenvalue weighted by Crippen LogP contribution is -2.29. The molecule has 10 heteroatoms. The number of hydrogen-bond donors (Lipinski definition) is 1. The Morgan fingerprint density at radius 3 is 2.68 bits per heavy atom. The molecule has 4 heterocycles. The summed E-state index contributed by atoms with van der Waals surface area (Å²) in [6.45, 7) is 0.391. The summed E-state index contributed by atoms with van der Waals surface area (Å²) >= 11 is 0. The van der Waals surface area contributed by atoms with Gasteiger partial charge in [0, 0.05) is 50.2 Å². The van der Waals surface area contributed by atoms with Gasteiger partial charge >= 0.3 is 0 Å². The van der Waals surface area contributed by atoms with E-state index in [4.69, 9.17) is 10.1 Å². The van der Waals surface area contributed by atoms with E-state index in [2.05, 4.69) is 20.3 Å². The Hall–Kier alpha value is -4.73. The summed E-state index contributed by atoms with van der Waals surface area (Å²) in [5, 5.41) is 8.08. The highest BCUT2D eigenvalue weighted by molar-refractivity contribution is 5.94. The van der Waals surface area contributed by atoms with Crippen LogP contribution in [0.25, 0.3) is 17.0 Å². The van der Waals surface area contributed by atoms with Gasteiger partial charge in [-0.1, -0.05) is 18.2 Å². The molecule has 0 unspecified atom stereocenters. The number of nitrogens with zero attached hydrogens (tertiary/aromatic N) is 7. The minimum atomic E-state index is -0.264. The highest BCUT2D eigenvalue weighted by Crippen LogP contribution is 2.40. The molecule has 1 saturated carbocycles. The van der Waals surface area contributed by atoms with Gasteiger partial charge in [-0.15, -0.1) is 0 Å². The van der Waals surface area contributed by atoms with E-state index < -0.39 is 0 Å². The number of anilines is 2. The number of carbonyl (C=O) groups is 1. The van der Waals surface area contributed by atoms with E-state index in [1.54, 1.807) is 65.4 Å². The number of aromatic nitrogens is 6. The molecule has 190 valence electrons. The van der Waals surface area contributed by atoms with E-state index in [0.717, 1.165) is 18.5 Å².